The van der Waals surface area contributed by atoms with Gasteiger partial charge in [-0.1, -0.05) is 31.6 Å². The summed E-state index contributed by atoms with van der Waals surface area (Å²) in [5.74, 6) is 0.477. The molecule has 190 valence electrons. The molecular formula is C26H25BrN6O2S2. The van der Waals surface area contributed by atoms with Gasteiger partial charge in [-0.2, -0.15) is 4.37 Å². The first-order chi connectivity index (χ1) is 18.0. The molecule has 0 bridgehead atoms. The first-order valence-corrected chi connectivity index (χ1v) is 14.3. The van der Waals surface area contributed by atoms with Gasteiger partial charge in [0.2, 0.25) is 10.9 Å². The Labute approximate surface area is 230 Å². The molecule has 5 aromatic rings. The van der Waals surface area contributed by atoms with E-state index in [1.54, 1.807) is 0 Å². The zero-order valence-electron chi connectivity index (χ0n) is 19.9. The van der Waals surface area contributed by atoms with Crippen molar-refractivity contribution in [2.24, 2.45) is 0 Å². The van der Waals surface area contributed by atoms with E-state index in [9.17, 15) is 9.59 Å². The lowest BCUT2D eigenvalue weighted by Gasteiger charge is -2.05. The standard InChI is InChI=1S/C26H25BrN6O2S2/c1-16(27)23(34)30-18-10-11-21-17(14-18)15-22(36-21)24(35)28-12-6-2-3-7-13-29-25-32-37-26-31-19-8-4-5-9-20(19)33(25)26/h4-5,8-11,14-15H,1-3,6-7,12-13H2,(H,28,35)(H,29,32)(H,30,34). The van der Waals surface area contributed by atoms with Gasteiger partial charge < -0.3 is 16.0 Å². The van der Waals surface area contributed by atoms with Crippen molar-refractivity contribution in [2.45, 2.75) is 25.7 Å². The first kappa shape index (κ1) is 25.4. The van der Waals surface area contributed by atoms with Crippen LogP contribution in [-0.2, 0) is 4.79 Å². The highest BCUT2D eigenvalue weighted by Crippen LogP contribution is 2.28. The van der Waals surface area contributed by atoms with E-state index in [1.807, 2.05) is 42.5 Å². The average molecular weight is 598 g/mol. The molecule has 37 heavy (non-hydrogen) atoms. The fraction of sp³-hybridized carbons (Fsp3) is 0.231. The minimum atomic E-state index is -0.296. The fourth-order valence-corrected chi connectivity index (χ4v) is 5.81. The highest BCUT2D eigenvalue weighted by molar-refractivity contribution is 9.12. The second-order valence-corrected chi connectivity index (χ2v) is 11.3. The van der Waals surface area contributed by atoms with Crippen molar-refractivity contribution in [1.82, 2.24) is 19.1 Å². The van der Waals surface area contributed by atoms with Crippen LogP contribution in [0, 0.1) is 0 Å². The monoisotopic (exact) mass is 596 g/mol. The maximum absolute atomic E-state index is 12.6. The van der Waals surface area contributed by atoms with Crippen molar-refractivity contribution in [1.29, 1.82) is 0 Å². The van der Waals surface area contributed by atoms with Gasteiger partial charge in [0, 0.05) is 35.0 Å². The Morgan fingerprint density at radius 3 is 2.68 bits per heavy atom. The van der Waals surface area contributed by atoms with Crippen molar-refractivity contribution in [3.63, 3.8) is 0 Å². The zero-order chi connectivity index (χ0) is 25.8. The molecule has 0 radical (unpaired) electrons. The zero-order valence-corrected chi connectivity index (χ0v) is 23.1. The predicted molar refractivity (Wildman–Crippen MR) is 156 cm³/mol. The third kappa shape index (κ3) is 5.84. The molecule has 11 heteroatoms. The normalized spacial score (nSPS) is 11.3. The number of unbranched alkanes of at least 4 members (excludes halogenated alkanes) is 3. The van der Waals surface area contributed by atoms with E-state index in [-0.39, 0.29) is 16.3 Å². The van der Waals surface area contributed by atoms with E-state index in [1.165, 1.54) is 22.9 Å². The van der Waals surface area contributed by atoms with Gasteiger partial charge in [0.15, 0.2) is 0 Å². The molecule has 0 aliphatic rings. The van der Waals surface area contributed by atoms with Gasteiger partial charge in [0.05, 0.1) is 20.4 Å². The van der Waals surface area contributed by atoms with Crippen LogP contribution in [0.25, 0.3) is 26.1 Å². The molecule has 3 aromatic heterocycles. The van der Waals surface area contributed by atoms with Crippen LogP contribution < -0.4 is 16.0 Å². The molecule has 0 aliphatic heterocycles. The molecule has 0 aliphatic carbocycles. The molecule has 3 N–H and O–H groups in total. The molecule has 0 saturated heterocycles. The Hall–Kier alpha value is -3.28. The molecule has 0 spiro atoms. The van der Waals surface area contributed by atoms with E-state index in [0.717, 1.165) is 64.3 Å². The Kier molecular flexibility index (Phi) is 7.82. The summed E-state index contributed by atoms with van der Waals surface area (Å²) >= 11 is 5.92. The van der Waals surface area contributed by atoms with Crippen LogP contribution >= 0.6 is 38.8 Å². The molecule has 8 nitrogen and oxygen atoms in total. The molecule has 2 amide bonds. The minimum Gasteiger partial charge on any atom is -0.355 e. The van der Waals surface area contributed by atoms with Gasteiger partial charge in [0.1, 0.15) is 0 Å². The summed E-state index contributed by atoms with van der Waals surface area (Å²) in [5.41, 5.74) is 2.71. The number of rotatable bonds is 11. The number of thiophene rings is 1. The van der Waals surface area contributed by atoms with Crippen LogP contribution in [0.5, 0.6) is 0 Å². The topological polar surface area (TPSA) is 100 Å². The molecular weight excluding hydrogens is 572 g/mol. The van der Waals surface area contributed by atoms with E-state index < -0.39 is 0 Å². The summed E-state index contributed by atoms with van der Waals surface area (Å²) in [4.78, 5) is 30.6. The van der Waals surface area contributed by atoms with Crippen LogP contribution in [0.1, 0.15) is 35.4 Å². The maximum Gasteiger partial charge on any atom is 0.262 e. The predicted octanol–water partition coefficient (Wildman–Crippen LogP) is 6.41. The fourth-order valence-electron chi connectivity index (χ4n) is 4.03. The maximum atomic E-state index is 12.6. The summed E-state index contributed by atoms with van der Waals surface area (Å²) in [5, 5.41) is 10.1. The number of halogens is 1. The van der Waals surface area contributed by atoms with Gasteiger partial charge in [-0.25, -0.2) is 4.98 Å². The number of hydrogen-bond donors (Lipinski definition) is 3. The Morgan fingerprint density at radius 1 is 1.03 bits per heavy atom. The van der Waals surface area contributed by atoms with Crippen molar-refractivity contribution in [2.75, 3.05) is 23.7 Å². The van der Waals surface area contributed by atoms with Crippen LogP contribution in [0.15, 0.2) is 59.6 Å². The number of benzene rings is 2. The number of imidazole rings is 1. The number of nitrogens with one attached hydrogen (secondary N) is 3. The van der Waals surface area contributed by atoms with Gasteiger partial charge in [-0.05, 0) is 70.6 Å². The van der Waals surface area contributed by atoms with Crippen LogP contribution in [0.4, 0.5) is 11.6 Å². The number of nitrogens with zero attached hydrogens (tertiary/aromatic N) is 3. The van der Waals surface area contributed by atoms with Crippen molar-refractivity contribution >= 4 is 88.3 Å². The van der Waals surface area contributed by atoms with Gasteiger partial charge in [0.25, 0.3) is 11.8 Å². The highest BCUT2D eigenvalue weighted by atomic mass is 79.9. The highest BCUT2D eigenvalue weighted by Gasteiger charge is 2.12. The summed E-state index contributed by atoms with van der Waals surface area (Å²) in [6, 6.07) is 15.5. The molecule has 0 atom stereocenters. The number of carbonyl (C=O) groups excluding carboxylic acids is 2. The van der Waals surface area contributed by atoms with Crippen molar-refractivity contribution in [3.8, 4) is 0 Å². The molecule has 3 heterocycles. The van der Waals surface area contributed by atoms with E-state index in [4.69, 9.17) is 0 Å². The third-order valence-electron chi connectivity index (χ3n) is 5.87. The summed E-state index contributed by atoms with van der Waals surface area (Å²) < 4.78 is 7.83. The Balaban J connectivity index is 1.03. The van der Waals surface area contributed by atoms with Crippen LogP contribution in [0.2, 0.25) is 0 Å². The Morgan fingerprint density at radius 2 is 1.84 bits per heavy atom. The second kappa shape index (κ2) is 11.4. The summed E-state index contributed by atoms with van der Waals surface area (Å²) in [6.45, 7) is 5.05. The Bertz CT molecular complexity index is 1600. The average Bonchev–Trinajstić information content (AvgIpc) is 3.59. The lowest BCUT2D eigenvalue weighted by molar-refractivity contribution is -0.112. The number of anilines is 2. The first-order valence-electron chi connectivity index (χ1n) is 11.9. The second-order valence-electron chi connectivity index (χ2n) is 8.54. The van der Waals surface area contributed by atoms with E-state index in [2.05, 4.69) is 58.3 Å². The number of aromatic nitrogens is 3. The molecule has 0 unspecified atom stereocenters. The molecule has 2 aromatic carbocycles. The molecule has 0 saturated carbocycles. The lowest BCUT2D eigenvalue weighted by atomic mass is 10.2. The lowest BCUT2D eigenvalue weighted by Crippen LogP contribution is -2.23. The quantitative estimate of drug-likeness (QED) is 0.121. The smallest absolute Gasteiger partial charge is 0.262 e. The third-order valence-corrected chi connectivity index (χ3v) is 8.05. The van der Waals surface area contributed by atoms with Gasteiger partial charge in [-0.15, -0.1) is 11.3 Å². The number of carbonyl (C=O) groups is 2. The number of fused-ring (bicyclic) bond motifs is 4. The van der Waals surface area contributed by atoms with Crippen molar-refractivity contribution in [3.05, 3.63) is 64.5 Å². The van der Waals surface area contributed by atoms with E-state index in [0.29, 0.717) is 17.1 Å². The minimum absolute atomic E-state index is 0.0672. The SMILES string of the molecule is C=C(Br)C(=O)Nc1ccc2sc(C(=O)NCCCCCCNc3nsc4nc5ccccc5n34)cc2c1. The van der Waals surface area contributed by atoms with Crippen molar-refractivity contribution < 1.29 is 9.59 Å². The summed E-state index contributed by atoms with van der Waals surface area (Å²) in [7, 11) is 0. The number of amides is 2. The van der Waals surface area contributed by atoms with Gasteiger partial charge in [-0.3, -0.25) is 14.0 Å². The van der Waals surface area contributed by atoms with E-state index >= 15 is 0 Å². The largest absolute Gasteiger partial charge is 0.355 e. The molecule has 5 rings (SSSR count). The number of hydrogen-bond acceptors (Lipinski definition) is 7. The molecule has 0 fully saturated rings. The van der Waals surface area contributed by atoms with Gasteiger partial charge >= 0.3 is 0 Å². The summed E-state index contributed by atoms with van der Waals surface area (Å²) in [6.07, 6.45) is 4.06. The van der Waals surface area contributed by atoms with Crippen LogP contribution in [-0.4, -0.2) is 38.7 Å². The van der Waals surface area contributed by atoms with Crippen LogP contribution in [0.3, 0.4) is 0 Å². The number of para-hydroxylation sites is 2.